The molecule has 6 nitrogen and oxygen atoms in total. The molecule has 1 heterocycles. The Balaban J connectivity index is 1.65. The van der Waals surface area contributed by atoms with Gasteiger partial charge in [-0.05, 0) is 19.3 Å². The van der Waals surface area contributed by atoms with Crippen LogP contribution in [0.15, 0.2) is 0 Å². The van der Waals surface area contributed by atoms with Crippen LogP contribution in [-0.2, 0) is 18.9 Å². The number of ether oxygens (including phenoxy) is 4. The molecule has 6 heteroatoms. The van der Waals surface area contributed by atoms with Crippen molar-refractivity contribution in [3.8, 4) is 0 Å². The summed E-state index contributed by atoms with van der Waals surface area (Å²) in [5, 5.41) is 6.66. The van der Waals surface area contributed by atoms with Crippen molar-refractivity contribution < 1.29 is 18.9 Å². The van der Waals surface area contributed by atoms with Gasteiger partial charge >= 0.3 is 0 Å². The minimum absolute atomic E-state index is 0.269. The number of hydrogen-bond acceptors (Lipinski definition) is 6. The van der Waals surface area contributed by atoms with E-state index in [1.54, 1.807) is 0 Å². The molecule has 0 bridgehead atoms. The highest BCUT2D eigenvalue weighted by Gasteiger charge is 2.28. The Morgan fingerprint density at radius 3 is 1.57 bits per heavy atom. The van der Waals surface area contributed by atoms with Crippen molar-refractivity contribution in [3.63, 3.8) is 0 Å². The zero-order valence-electron chi connectivity index (χ0n) is 13.0. The van der Waals surface area contributed by atoms with E-state index in [9.17, 15) is 0 Å². The van der Waals surface area contributed by atoms with Crippen LogP contribution in [0.25, 0.3) is 0 Å². The summed E-state index contributed by atoms with van der Waals surface area (Å²) >= 11 is 0. The van der Waals surface area contributed by atoms with Crippen molar-refractivity contribution in [2.24, 2.45) is 0 Å². The van der Waals surface area contributed by atoms with E-state index in [4.69, 9.17) is 18.9 Å². The zero-order chi connectivity index (χ0) is 14.6. The Kier molecular flexibility index (Phi) is 9.25. The molecule has 0 aromatic carbocycles. The van der Waals surface area contributed by atoms with E-state index in [-0.39, 0.29) is 12.2 Å². The number of fused-ring (bicyclic) bond motifs is 1. The van der Waals surface area contributed by atoms with Gasteiger partial charge in [0.2, 0.25) is 0 Å². The van der Waals surface area contributed by atoms with Gasteiger partial charge in [0.25, 0.3) is 0 Å². The number of rotatable bonds is 0. The van der Waals surface area contributed by atoms with Gasteiger partial charge in [-0.15, -0.1) is 0 Å². The van der Waals surface area contributed by atoms with Crippen molar-refractivity contribution in [1.29, 1.82) is 0 Å². The van der Waals surface area contributed by atoms with E-state index >= 15 is 0 Å². The molecule has 2 rings (SSSR count). The Morgan fingerprint density at radius 1 is 0.571 bits per heavy atom. The van der Waals surface area contributed by atoms with Gasteiger partial charge < -0.3 is 29.6 Å². The molecule has 0 radical (unpaired) electrons. The second-order valence-corrected chi connectivity index (χ2v) is 5.47. The highest BCUT2D eigenvalue weighted by molar-refractivity contribution is 4.79. The standard InChI is InChI=1S/C15H30N2O4/c1-2-14-15(3-1)21-11-7-17-5-9-19-13-12-18-8-4-16-6-10-20-14/h14-17H,1-13H2/t14-,15-/m1/s1. The molecule has 2 aliphatic rings. The fourth-order valence-electron chi connectivity index (χ4n) is 2.70. The van der Waals surface area contributed by atoms with Crippen LogP contribution in [0.5, 0.6) is 0 Å². The third-order valence-electron chi connectivity index (χ3n) is 3.83. The maximum absolute atomic E-state index is 5.94. The average molecular weight is 302 g/mol. The molecular formula is C15H30N2O4. The normalized spacial score (nSPS) is 32.0. The van der Waals surface area contributed by atoms with Gasteiger partial charge in [0.15, 0.2) is 0 Å². The lowest BCUT2D eigenvalue weighted by molar-refractivity contribution is -0.0546. The highest BCUT2D eigenvalue weighted by atomic mass is 16.5. The van der Waals surface area contributed by atoms with Crippen LogP contribution in [0.3, 0.4) is 0 Å². The monoisotopic (exact) mass is 302 g/mol. The van der Waals surface area contributed by atoms with E-state index in [1.807, 2.05) is 0 Å². The second kappa shape index (κ2) is 11.3. The number of nitrogens with one attached hydrogen (secondary N) is 2. The van der Waals surface area contributed by atoms with Crippen LogP contribution in [0.1, 0.15) is 19.3 Å². The minimum Gasteiger partial charge on any atom is -0.378 e. The largest absolute Gasteiger partial charge is 0.378 e. The maximum Gasteiger partial charge on any atom is 0.0837 e. The van der Waals surface area contributed by atoms with Crippen LogP contribution in [-0.4, -0.2) is 78.0 Å². The molecule has 0 aromatic heterocycles. The first-order valence-corrected chi connectivity index (χ1v) is 8.27. The van der Waals surface area contributed by atoms with Crippen molar-refractivity contribution >= 4 is 0 Å². The van der Waals surface area contributed by atoms with Gasteiger partial charge in [-0.25, -0.2) is 0 Å². The van der Waals surface area contributed by atoms with Gasteiger partial charge in [-0.2, -0.15) is 0 Å². The summed E-state index contributed by atoms with van der Waals surface area (Å²) in [6.07, 6.45) is 3.98. The first-order valence-electron chi connectivity index (χ1n) is 8.27. The highest BCUT2D eigenvalue weighted by Crippen LogP contribution is 2.24. The molecule has 21 heavy (non-hydrogen) atoms. The lowest BCUT2D eigenvalue weighted by Crippen LogP contribution is -2.33. The zero-order valence-corrected chi connectivity index (χ0v) is 13.0. The SMILES string of the molecule is C1C[C@H]2OCCNCCOCCOCCNCCO[C@@H]2C1. The van der Waals surface area contributed by atoms with E-state index < -0.39 is 0 Å². The van der Waals surface area contributed by atoms with Crippen molar-refractivity contribution in [2.75, 3.05) is 65.8 Å². The smallest absolute Gasteiger partial charge is 0.0837 e. The summed E-state index contributed by atoms with van der Waals surface area (Å²) in [4.78, 5) is 0. The molecular weight excluding hydrogens is 272 g/mol. The van der Waals surface area contributed by atoms with Gasteiger partial charge in [-0.3, -0.25) is 0 Å². The summed E-state index contributed by atoms with van der Waals surface area (Å²) in [5.41, 5.74) is 0. The van der Waals surface area contributed by atoms with E-state index in [0.29, 0.717) is 13.2 Å². The molecule has 124 valence electrons. The van der Waals surface area contributed by atoms with Crippen LogP contribution in [0.2, 0.25) is 0 Å². The fraction of sp³-hybridized carbons (Fsp3) is 1.00. The summed E-state index contributed by atoms with van der Waals surface area (Å²) in [6, 6.07) is 0. The van der Waals surface area contributed by atoms with Crippen LogP contribution in [0, 0.1) is 0 Å². The third-order valence-corrected chi connectivity index (χ3v) is 3.83. The van der Waals surface area contributed by atoms with E-state index in [1.165, 1.54) is 6.42 Å². The van der Waals surface area contributed by atoms with E-state index in [2.05, 4.69) is 10.6 Å². The molecule has 1 saturated carbocycles. The molecule has 1 saturated heterocycles. The van der Waals surface area contributed by atoms with Crippen LogP contribution < -0.4 is 10.6 Å². The van der Waals surface area contributed by atoms with Gasteiger partial charge in [-0.1, -0.05) is 0 Å². The molecule has 2 N–H and O–H groups in total. The molecule has 0 unspecified atom stereocenters. The van der Waals surface area contributed by atoms with E-state index in [0.717, 1.165) is 65.4 Å². The van der Waals surface area contributed by atoms with Gasteiger partial charge in [0, 0.05) is 26.2 Å². The maximum atomic E-state index is 5.94. The van der Waals surface area contributed by atoms with Crippen LogP contribution in [0.4, 0.5) is 0 Å². The predicted molar refractivity (Wildman–Crippen MR) is 80.7 cm³/mol. The molecule has 0 aromatic rings. The summed E-state index contributed by atoms with van der Waals surface area (Å²) in [5.74, 6) is 0. The minimum atomic E-state index is 0.269. The van der Waals surface area contributed by atoms with Gasteiger partial charge in [0.1, 0.15) is 0 Å². The lowest BCUT2D eigenvalue weighted by Gasteiger charge is -2.21. The van der Waals surface area contributed by atoms with Crippen molar-refractivity contribution in [1.82, 2.24) is 10.6 Å². The first-order chi connectivity index (χ1) is 10.5. The Morgan fingerprint density at radius 2 is 1.05 bits per heavy atom. The lowest BCUT2D eigenvalue weighted by atomic mass is 10.2. The Labute approximate surface area is 127 Å². The molecule has 0 amide bonds. The van der Waals surface area contributed by atoms with Crippen molar-refractivity contribution in [2.45, 2.75) is 31.5 Å². The molecule has 2 fully saturated rings. The number of hydrogen-bond donors (Lipinski definition) is 2. The quantitative estimate of drug-likeness (QED) is 0.665. The summed E-state index contributed by atoms with van der Waals surface area (Å²) in [6.45, 7) is 7.68. The summed E-state index contributed by atoms with van der Waals surface area (Å²) in [7, 11) is 0. The summed E-state index contributed by atoms with van der Waals surface area (Å²) < 4.78 is 22.8. The average Bonchev–Trinajstić information content (AvgIpc) is 2.93. The molecule has 0 spiro atoms. The second-order valence-electron chi connectivity index (χ2n) is 5.47. The first kappa shape index (κ1) is 17.1. The predicted octanol–water partition coefficient (Wildman–Crippen LogP) is 0.167. The Hall–Kier alpha value is -0.240. The molecule has 1 aliphatic heterocycles. The molecule has 1 aliphatic carbocycles. The van der Waals surface area contributed by atoms with Gasteiger partial charge in [0.05, 0.1) is 51.8 Å². The topological polar surface area (TPSA) is 61.0 Å². The van der Waals surface area contributed by atoms with Crippen LogP contribution >= 0.6 is 0 Å². The third kappa shape index (κ3) is 7.54. The molecule has 2 atom stereocenters. The Bertz CT molecular complexity index is 232. The fourth-order valence-corrected chi connectivity index (χ4v) is 2.70. The van der Waals surface area contributed by atoms with Crippen molar-refractivity contribution in [3.05, 3.63) is 0 Å².